The molecule has 20 heavy (non-hydrogen) atoms. The Morgan fingerprint density at radius 1 is 1.00 bits per heavy atom. The lowest BCUT2D eigenvalue weighted by Gasteiger charge is -2.09. The average molecular weight is 300 g/mol. The van der Waals surface area contributed by atoms with Crippen molar-refractivity contribution in [2.24, 2.45) is 0 Å². The highest BCUT2D eigenvalue weighted by atomic mass is 32.2. The molecule has 0 saturated carbocycles. The van der Waals surface area contributed by atoms with Crippen LogP contribution in [0.15, 0.2) is 18.2 Å². The van der Waals surface area contributed by atoms with Crippen LogP contribution in [0.3, 0.4) is 0 Å². The van der Waals surface area contributed by atoms with Crippen molar-refractivity contribution in [3.63, 3.8) is 0 Å². The quantitative estimate of drug-likeness (QED) is 0.598. The summed E-state index contributed by atoms with van der Waals surface area (Å²) in [5, 5.41) is 0. The zero-order valence-electron chi connectivity index (χ0n) is 11.5. The summed E-state index contributed by atoms with van der Waals surface area (Å²) in [5.74, 6) is -0.659. The number of hydrogen-bond donors (Lipinski definition) is 0. The fraction of sp³-hybridized carbons (Fsp3) is 0.385. The summed E-state index contributed by atoms with van der Waals surface area (Å²) in [4.78, 5) is 21.9. The maximum Gasteiger partial charge on any atom is 0.308 e. The van der Waals surface area contributed by atoms with Gasteiger partial charge in [0.1, 0.15) is 21.3 Å². The van der Waals surface area contributed by atoms with Gasteiger partial charge < -0.3 is 9.47 Å². The maximum absolute atomic E-state index is 11.2. The number of hydrogen-bond acceptors (Lipinski definition) is 6. The van der Waals surface area contributed by atoms with E-state index in [1.165, 1.54) is 19.9 Å². The first-order valence-electron chi connectivity index (χ1n) is 5.84. The maximum atomic E-state index is 11.2. The molecule has 0 aliphatic heterocycles. The van der Waals surface area contributed by atoms with Crippen molar-refractivity contribution in [2.75, 3.05) is 12.0 Å². The Hall–Kier alpha value is -1.89. The molecule has 1 rings (SSSR count). The van der Waals surface area contributed by atoms with Gasteiger partial charge in [-0.2, -0.15) is 0 Å². The van der Waals surface area contributed by atoms with Crippen LogP contribution < -0.4 is 9.47 Å². The van der Waals surface area contributed by atoms with Gasteiger partial charge in [-0.25, -0.2) is 8.42 Å². The van der Waals surface area contributed by atoms with Crippen LogP contribution in [0.25, 0.3) is 0 Å². The Kier molecular flexibility index (Phi) is 5.26. The lowest BCUT2D eigenvalue weighted by atomic mass is 10.1. The van der Waals surface area contributed by atoms with Crippen LogP contribution in [0.4, 0.5) is 0 Å². The van der Waals surface area contributed by atoms with E-state index in [1.54, 1.807) is 12.1 Å². The zero-order chi connectivity index (χ0) is 15.3. The van der Waals surface area contributed by atoms with Gasteiger partial charge in [0.2, 0.25) is 0 Å². The second kappa shape index (κ2) is 6.51. The second-order valence-corrected chi connectivity index (χ2v) is 6.64. The summed E-state index contributed by atoms with van der Waals surface area (Å²) < 4.78 is 32.2. The molecule has 0 bridgehead atoms. The molecule has 0 atom stereocenters. The fourth-order valence-corrected chi connectivity index (χ4v) is 2.13. The molecule has 0 unspecified atom stereocenters. The summed E-state index contributed by atoms with van der Waals surface area (Å²) in [6.07, 6.45) is 1.37. The first-order valence-corrected chi connectivity index (χ1v) is 7.90. The molecule has 110 valence electrons. The van der Waals surface area contributed by atoms with Crippen molar-refractivity contribution in [1.82, 2.24) is 0 Å². The Morgan fingerprint density at radius 3 is 1.80 bits per heavy atom. The monoisotopic (exact) mass is 300 g/mol. The van der Waals surface area contributed by atoms with Crippen molar-refractivity contribution < 1.29 is 27.5 Å². The number of aryl methyl sites for hydroxylation is 1. The van der Waals surface area contributed by atoms with E-state index in [0.717, 1.165) is 6.26 Å². The summed E-state index contributed by atoms with van der Waals surface area (Å²) in [6.45, 7) is 2.49. The van der Waals surface area contributed by atoms with E-state index in [-0.39, 0.29) is 23.7 Å². The predicted octanol–water partition coefficient (Wildman–Crippen LogP) is 1.12. The number of carbonyl (C=O) groups is 2. The molecule has 0 radical (unpaired) electrons. The molecule has 7 heteroatoms. The predicted molar refractivity (Wildman–Crippen MR) is 72.5 cm³/mol. The molecule has 0 saturated heterocycles. The minimum atomic E-state index is -3.11. The molecule has 1 aromatic rings. The molecule has 0 spiro atoms. The van der Waals surface area contributed by atoms with Gasteiger partial charge in [-0.3, -0.25) is 9.59 Å². The third-order valence-electron chi connectivity index (χ3n) is 2.22. The molecule has 0 aliphatic carbocycles. The molecule has 1 aromatic carbocycles. The van der Waals surface area contributed by atoms with Gasteiger partial charge in [0, 0.05) is 26.2 Å². The van der Waals surface area contributed by atoms with E-state index < -0.39 is 21.8 Å². The normalized spacial score (nSPS) is 10.9. The smallest absolute Gasteiger partial charge is 0.308 e. The van der Waals surface area contributed by atoms with Gasteiger partial charge in [-0.05, 0) is 24.1 Å². The molecular weight excluding hydrogens is 284 g/mol. The molecule has 0 fully saturated rings. The fourth-order valence-electron chi connectivity index (χ4n) is 1.53. The Morgan fingerprint density at radius 2 is 1.45 bits per heavy atom. The number of rotatable bonds is 5. The number of ether oxygens (including phenoxy) is 2. The highest BCUT2D eigenvalue weighted by Crippen LogP contribution is 2.24. The van der Waals surface area contributed by atoms with E-state index in [4.69, 9.17) is 9.47 Å². The Balaban J connectivity index is 3.02. The van der Waals surface area contributed by atoms with Crippen LogP contribution in [0.2, 0.25) is 0 Å². The lowest BCUT2D eigenvalue weighted by Crippen LogP contribution is -2.08. The van der Waals surface area contributed by atoms with Crippen molar-refractivity contribution >= 4 is 21.8 Å². The molecule has 0 aromatic heterocycles. The van der Waals surface area contributed by atoms with Crippen LogP contribution in [-0.2, 0) is 25.8 Å². The van der Waals surface area contributed by atoms with Crippen LogP contribution in [0.5, 0.6) is 11.5 Å². The van der Waals surface area contributed by atoms with Crippen molar-refractivity contribution in [1.29, 1.82) is 0 Å². The van der Waals surface area contributed by atoms with Gasteiger partial charge >= 0.3 is 11.9 Å². The summed E-state index contributed by atoms with van der Waals surface area (Å²) >= 11 is 0. The van der Waals surface area contributed by atoms with Crippen LogP contribution in [-0.4, -0.2) is 32.4 Å². The molecule has 0 amide bonds. The number of sulfone groups is 1. The van der Waals surface area contributed by atoms with Crippen molar-refractivity contribution in [2.45, 2.75) is 20.3 Å². The van der Waals surface area contributed by atoms with Gasteiger partial charge in [0.25, 0.3) is 0 Å². The van der Waals surface area contributed by atoms with Gasteiger partial charge in [0.05, 0.1) is 5.75 Å². The molecule has 0 heterocycles. The van der Waals surface area contributed by atoms with E-state index in [9.17, 15) is 18.0 Å². The van der Waals surface area contributed by atoms with E-state index in [2.05, 4.69) is 0 Å². The summed E-state index contributed by atoms with van der Waals surface area (Å²) in [7, 11) is -3.11. The minimum absolute atomic E-state index is 0.0456. The molecule has 6 nitrogen and oxygen atoms in total. The first kappa shape index (κ1) is 16.2. The SMILES string of the molecule is CC(=O)Oc1cc(CCS(C)(=O)=O)cc(OC(C)=O)c1. The zero-order valence-corrected chi connectivity index (χ0v) is 12.3. The minimum Gasteiger partial charge on any atom is -0.427 e. The largest absolute Gasteiger partial charge is 0.427 e. The van der Waals surface area contributed by atoms with Crippen LogP contribution in [0, 0.1) is 0 Å². The Bertz CT molecular complexity index is 583. The molecule has 0 N–H and O–H groups in total. The number of carbonyl (C=O) groups excluding carboxylic acids is 2. The highest BCUT2D eigenvalue weighted by molar-refractivity contribution is 7.90. The van der Waals surface area contributed by atoms with E-state index in [1.807, 2.05) is 0 Å². The van der Waals surface area contributed by atoms with Gasteiger partial charge in [-0.1, -0.05) is 0 Å². The first-order chi connectivity index (χ1) is 9.15. The van der Waals surface area contributed by atoms with Crippen LogP contribution >= 0.6 is 0 Å². The molecular formula is C13H16O6S. The van der Waals surface area contributed by atoms with E-state index in [0.29, 0.717) is 5.56 Å². The average Bonchev–Trinajstić information content (AvgIpc) is 2.23. The Labute approximate surface area is 117 Å². The van der Waals surface area contributed by atoms with Gasteiger partial charge in [-0.15, -0.1) is 0 Å². The third-order valence-corrected chi connectivity index (χ3v) is 3.17. The number of esters is 2. The summed E-state index contributed by atoms with van der Waals surface area (Å²) in [6, 6.07) is 4.48. The summed E-state index contributed by atoms with van der Waals surface area (Å²) in [5.41, 5.74) is 0.602. The van der Waals surface area contributed by atoms with Crippen molar-refractivity contribution in [3.05, 3.63) is 23.8 Å². The second-order valence-electron chi connectivity index (χ2n) is 4.38. The lowest BCUT2D eigenvalue weighted by molar-refractivity contribution is -0.132. The van der Waals surface area contributed by atoms with Gasteiger partial charge in [0.15, 0.2) is 0 Å². The van der Waals surface area contributed by atoms with Crippen molar-refractivity contribution in [3.8, 4) is 11.5 Å². The van der Waals surface area contributed by atoms with Crippen LogP contribution in [0.1, 0.15) is 19.4 Å². The topological polar surface area (TPSA) is 86.7 Å². The standard InChI is InChI=1S/C13H16O6S/c1-9(14)18-12-6-11(4-5-20(3,16)17)7-13(8-12)19-10(2)15/h6-8H,4-5H2,1-3H3. The number of benzene rings is 1. The van der Waals surface area contributed by atoms with E-state index >= 15 is 0 Å². The highest BCUT2D eigenvalue weighted by Gasteiger charge is 2.09. The third kappa shape index (κ3) is 6.33. The molecule has 0 aliphatic rings.